The van der Waals surface area contributed by atoms with E-state index in [1.807, 2.05) is 29.2 Å². The Bertz CT molecular complexity index is 2280. The molecule has 11 heteroatoms. The molecular weight excluding hydrogens is 728 g/mol. The fourth-order valence-electron chi connectivity index (χ4n) is 11.6. The Morgan fingerprint density at radius 3 is 2.54 bits per heavy atom. The third kappa shape index (κ3) is 5.41. The number of nitrogens with zero attached hydrogens (tertiary/aromatic N) is 5. The van der Waals surface area contributed by atoms with Gasteiger partial charge in [-0.25, -0.2) is 13.2 Å². The Morgan fingerprint density at radius 2 is 1.80 bits per heavy atom. The van der Waals surface area contributed by atoms with E-state index in [0.29, 0.717) is 82.6 Å². The molecule has 294 valence electrons. The van der Waals surface area contributed by atoms with E-state index >= 15 is 8.78 Å². The molecule has 0 bridgehead atoms. The van der Waals surface area contributed by atoms with Crippen molar-refractivity contribution in [2.24, 2.45) is 5.41 Å². The first-order valence-electron chi connectivity index (χ1n) is 20.4. The number of hydrogen-bond acceptors (Lipinski definition) is 7. The fraction of sp³-hybridized carbons (Fsp3) is 0.533. The van der Waals surface area contributed by atoms with E-state index in [9.17, 15) is 4.39 Å². The molecule has 2 aromatic carbocycles. The zero-order valence-corrected chi connectivity index (χ0v) is 34.3. The number of fused-ring (bicyclic) bond motifs is 5. The Labute approximate surface area is 329 Å². The van der Waals surface area contributed by atoms with Gasteiger partial charge in [0.05, 0.1) is 53.0 Å². The van der Waals surface area contributed by atoms with E-state index in [-0.39, 0.29) is 23.6 Å². The monoisotopic (exact) mass is 779 g/mol. The number of alkyl halides is 1. The van der Waals surface area contributed by atoms with Gasteiger partial charge >= 0.3 is 6.01 Å². The summed E-state index contributed by atoms with van der Waals surface area (Å²) in [4.78, 5) is 18.6. The summed E-state index contributed by atoms with van der Waals surface area (Å²) >= 11 is 0. The van der Waals surface area contributed by atoms with Crippen LogP contribution in [-0.2, 0) is 10.2 Å². The number of ether oxygens (including phenoxy) is 2. The number of pyridine rings is 1. The lowest BCUT2D eigenvalue weighted by Gasteiger charge is -2.38. The molecule has 0 amide bonds. The highest BCUT2D eigenvalue weighted by Gasteiger charge is 2.71. The topological polar surface area (TPSA) is 63.6 Å². The lowest BCUT2D eigenvalue weighted by atomic mass is 9.80. The van der Waals surface area contributed by atoms with Gasteiger partial charge in [-0.2, -0.15) is 9.97 Å². The fourth-order valence-corrected chi connectivity index (χ4v) is 16.8. The maximum absolute atomic E-state index is 17.2. The van der Waals surface area contributed by atoms with Crippen LogP contribution in [0.4, 0.5) is 19.0 Å². The highest BCUT2D eigenvalue weighted by molar-refractivity contribution is 6.90. The number of halogens is 3. The van der Waals surface area contributed by atoms with Crippen LogP contribution in [0.15, 0.2) is 60.7 Å². The largest absolute Gasteiger partial charge is 0.461 e. The molecule has 0 N–H and O–H groups in total. The van der Waals surface area contributed by atoms with Crippen LogP contribution in [0.5, 0.6) is 6.01 Å². The van der Waals surface area contributed by atoms with Gasteiger partial charge in [0.2, 0.25) is 0 Å². The molecule has 7 nitrogen and oxygen atoms in total. The van der Waals surface area contributed by atoms with E-state index in [2.05, 4.69) is 62.9 Å². The summed E-state index contributed by atoms with van der Waals surface area (Å²) in [6.45, 7) is 16.2. The summed E-state index contributed by atoms with van der Waals surface area (Å²) in [5.41, 5.74) is 6.08. The average Bonchev–Trinajstić information content (AvgIpc) is 4.04. The molecule has 3 saturated heterocycles. The van der Waals surface area contributed by atoms with Gasteiger partial charge < -0.3 is 14.4 Å². The summed E-state index contributed by atoms with van der Waals surface area (Å²) in [6.07, 6.45) is 6.78. The molecule has 56 heavy (non-hydrogen) atoms. The van der Waals surface area contributed by atoms with Crippen LogP contribution in [-0.4, -0.2) is 85.1 Å². The first kappa shape index (κ1) is 37.6. The Morgan fingerprint density at radius 1 is 1.02 bits per heavy atom. The van der Waals surface area contributed by atoms with Crippen LogP contribution in [0.3, 0.4) is 0 Å². The van der Waals surface area contributed by atoms with E-state index in [4.69, 9.17) is 19.4 Å². The molecule has 3 aliphatic heterocycles. The minimum Gasteiger partial charge on any atom is -0.461 e. The zero-order valence-electron chi connectivity index (χ0n) is 33.3. The summed E-state index contributed by atoms with van der Waals surface area (Å²) < 4.78 is 60.1. The van der Waals surface area contributed by atoms with Crippen LogP contribution < -0.4 is 9.64 Å². The molecular formula is C45H52F3N5O2Si. The molecule has 5 fully saturated rings. The van der Waals surface area contributed by atoms with Gasteiger partial charge in [0.1, 0.15) is 32.5 Å². The van der Waals surface area contributed by atoms with E-state index in [1.54, 1.807) is 18.5 Å². The third-order valence-corrected chi connectivity index (χ3v) is 20.9. The first-order chi connectivity index (χ1) is 26.9. The smallest absolute Gasteiger partial charge is 0.319 e. The van der Waals surface area contributed by atoms with E-state index < -0.39 is 31.5 Å². The first-order valence-corrected chi connectivity index (χ1v) is 22.7. The van der Waals surface area contributed by atoms with Crippen LogP contribution in [0.1, 0.15) is 78.4 Å². The van der Waals surface area contributed by atoms with Crippen LogP contribution in [0.2, 0.25) is 16.6 Å². The SMILES string of the molecule is CC(C)[Si](C#Cc1c(F)ccc2cccc(C34COCCN(c5nc(OCC67C/C(=C/F)CN6CCC76CC6)nc6ccncc56)C3C4F)c12)(C(C)C)C(C)C. The molecule has 2 aromatic heterocycles. The van der Waals surface area contributed by atoms with Crippen molar-refractivity contribution in [3.8, 4) is 17.5 Å². The molecule has 2 saturated carbocycles. The summed E-state index contributed by atoms with van der Waals surface area (Å²) in [5.74, 6) is 3.55. The number of anilines is 1. The molecule has 9 rings (SSSR count). The molecule has 1 spiro atoms. The lowest BCUT2D eigenvalue weighted by molar-refractivity contribution is 0.0649. The molecule has 2 aliphatic carbocycles. The Kier molecular flexibility index (Phi) is 9.10. The number of aromatic nitrogens is 3. The van der Waals surface area contributed by atoms with Crippen molar-refractivity contribution in [1.82, 2.24) is 19.9 Å². The van der Waals surface area contributed by atoms with Crippen molar-refractivity contribution in [2.45, 2.75) is 107 Å². The summed E-state index contributed by atoms with van der Waals surface area (Å²) in [7, 11) is -2.22. The molecule has 0 radical (unpaired) electrons. The van der Waals surface area contributed by atoms with Gasteiger partial charge in [-0.3, -0.25) is 9.88 Å². The lowest BCUT2D eigenvalue weighted by Crippen LogP contribution is -2.49. The zero-order chi connectivity index (χ0) is 39.2. The van der Waals surface area contributed by atoms with Crippen molar-refractivity contribution in [3.63, 3.8) is 0 Å². The van der Waals surface area contributed by atoms with Crippen molar-refractivity contribution in [2.75, 3.05) is 44.4 Å². The standard InChI is InChI=1S/C45H52F3N5O2Si/c1-28(2)56(29(3)4,30(5)6)21-13-33-36(47)11-10-32-8-7-9-35(38(32)33)45-27-54-20-19-53(40(45)39(45)48)41-34-24-49-17-12-37(34)50-42(51-41)55-26-44-22-31(23-46)25-52(44)18-16-43(44)14-15-43/h7-12,17,23-24,28-30,39-40H,14-16,18-20,22,25-27H2,1-6H3/b31-23-. The third-order valence-electron chi connectivity index (χ3n) is 14.7. The second-order valence-corrected chi connectivity index (χ2v) is 23.6. The summed E-state index contributed by atoms with van der Waals surface area (Å²) in [5, 5.41) is 2.16. The maximum atomic E-state index is 17.2. The quantitative estimate of drug-likeness (QED) is 0.131. The van der Waals surface area contributed by atoms with Crippen LogP contribution in [0.25, 0.3) is 21.7 Å². The van der Waals surface area contributed by atoms with Crippen molar-refractivity contribution >= 4 is 35.6 Å². The maximum Gasteiger partial charge on any atom is 0.319 e. The number of hydrogen-bond donors (Lipinski definition) is 0. The number of benzene rings is 2. The van der Waals surface area contributed by atoms with E-state index in [0.717, 1.165) is 43.1 Å². The van der Waals surface area contributed by atoms with Crippen LogP contribution in [0, 0.1) is 22.7 Å². The normalized spacial score (nSPS) is 27.6. The van der Waals surface area contributed by atoms with E-state index in [1.165, 1.54) is 6.07 Å². The molecule has 4 atom stereocenters. The van der Waals surface area contributed by atoms with Gasteiger partial charge in [0, 0.05) is 30.9 Å². The van der Waals surface area contributed by atoms with Crippen LogP contribution >= 0.6 is 0 Å². The van der Waals surface area contributed by atoms with Gasteiger partial charge in [0.15, 0.2) is 0 Å². The predicted molar refractivity (Wildman–Crippen MR) is 218 cm³/mol. The van der Waals surface area contributed by atoms with Crippen molar-refractivity contribution in [1.29, 1.82) is 0 Å². The minimum absolute atomic E-state index is 0.127. The molecule has 4 unspecified atom stereocenters. The Balaban J connectivity index is 1.13. The molecule has 5 heterocycles. The molecule has 4 aromatic rings. The van der Waals surface area contributed by atoms with Crippen molar-refractivity contribution < 1.29 is 22.6 Å². The number of rotatable bonds is 8. The highest BCUT2D eigenvalue weighted by Crippen LogP contribution is 2.66. The predicted octanol–water partition coefficient (Wildman–Crippen LogP) is 9.24. The Hall–Kier alpha value is -3.98. The molecule has 5 aliphatic rings. The van der Waals surface area contributed by atoms with Gasteiger partial charge in [-0.05, 0) is 82.9 Å². The van der Waals surface area contributed by atoms with Crippen molar-refractivity contribution in [3.05, 3.63) is 77.6 Å². The summed E-state index contributed by atoms with van der Waals surface area (Å²) in [6, 6.07) is 10.5. The van der Waals surface area contributed by atoms with Gasteiger partial charge in [-0.1, -0.05) is 71.7 Å². The van der Waals surface area contributed by atoms with Gasteiger partial charge in [-0.15, -0.1) is 5.54 Å². The highest BCUT2D eigenvalue weighted by atomic mass is 28.3. The average molecular weight is 780 g/mol. The van der Waals surface area contributed by atoms with Gasteiger partial charge in [0.25, 0.3) is 0 Å². The second-order valence-electron chi connectivity index (χ2n) is 18.0. The minimum atomic E-state index is -2.22. The second kappa shape index (κ2) is 13.6.